The highest BCUT2D eigenvalue weighted by molar-refractivity contribution is 7.91. The van der Waals surface area contributed by atoms with Crippen molar-refractivity contribution in [3.8, 4) is 0 Å². The topological polar surface area (TPSA) is 114 Å². The number of nitrogens with two attached hydrogens (primary N) is 1. The molecule has 0 radical (unpaired) electrons. The number of carbonyl (C=O) groups is 2. The van der Waals surface area contributed by atoms with Crippen molar-refractivity contribution in [1.29, 1.82) is 0 Å². The molecular weight excluding hydrogens is 356 g/mol. The zero-order chi connectivity index (χ0) is 18.5. The standard InChI is InChI=1S/C17H22N4O4S/c18-15-8-12(4-5-19-15)17(23)21-7-6-20(16(22)11-2-1-3-11)13-9-26(24,25)10-14(13)21/h4-5,8,11,13-14H,1-3,6-7,9-10H2,(H2,18,19)/t13-,14+/m1/s1. The molecule has 0 aromatic carbocycles. The van der Waals surface area contributed by atoms with E-state index in [4.69, 9.17) is 5.73 Å². The highest BCUT2D eigenvalue weighted by Gasteiger charge is 2.50. The van der Waals surface area contributed by atoms with Gasteiger partial charge in [0.05, 0.1) is 23.6 Å². The van der Waals surface area contributed by atoms with Crippen LogP contribution in [0.2, 0.25) is 0 Å². The Hall–Kier alpha value is -2.16. The Morgan fingerprint density at radius 1 is 1.12 bits per heavy atom. The fraction of sp³-hybridized carbons (Fsp3) is 0.588. The minimum Gasteiger partial charge on any atom is -0.384 e. The summed E-state index contributed by atoms with van der Waals surface area (Å²) in [5.74, 6) is -0.131. The number of nitrogen functional groups attached to an aromatic ring is 1. The van der Waals surface area contributed by atoms with Gasteiger partial charge < -0.3 is 15.5 Å². The zero-order valence-electron chi connectivity index (χ0n) is 14.4. The summed E-state index contributed by atoms with van der Waals surface area (Å²) in [4.78, 5) is 32.8. The number of hydrogen-bond acceptors (Lipinski definition) is 6. The largest absolute Gasteiger partial charge is 0.384 e. The molecule has 2 atom stereocenters. The molecular formula is C17H22N4O4S. The summed E-state index contributed by atoms with van der Waals surface area (Å²) in [6, 6.07) is 2.11. The van der Waals surface area contributed by atoms with Crippen LogP contribution in [-0.4, -0.2) is 71.7 Å². The Balaban J connectivity index is 1.61. The van der Waals surface area contributed by atoms with Crippen LogP contribution in [0.4, 0.5) is 5.82 Å². The fourth-order valence-corrected chi connectivity index (χ4v) is 6.10. The van der Waals surface area contributed by atoms with Gasteiger partial charge in [-0.15, -0.1) is 0 Å². The molecule has 1 aromatic heterocycles. The number of rotatable bonds is 2. The second-order valence-corrected chi connectivity index (χ2v) is 9.49. The number of hydrogen-bond donors (Lipinski definition) is 1. The van der Waals surface area contributed by atoms with Crippen molar-refractivity contribution in [3.05, 3.63) is 23.9 Å². The Bertz CT molecular complexity index is 852. The van der Waals surface area contributed by atoms with Gasteiger partial charge in [0.15, 0.2) is 9.84 Å². The molecule has 1 aliphatic carbocycles. The first kappa shape index (κ1) is 17.3. The molecule has 26 heavy (non-hydrogen) atoms. The maximum atomic E-state index is 12.9. The van der Waals surface area contributed by atoms with E-state index < -0.39 is 21.9 Å². The summed E-state index contributed by atoms with van der Waals surface area (Å²) in [5.41, 5.74) is 6.05. The molecule has 2 saturated heterocycles. The third-order valence-corrected chi connectivity index (χ3v) is 7.40. The van der Waals surface area contributed by atoms with E-state index in [2.05, 4.69) is 4.98 Å². The van der Waals surface area contributed by atoms with Gasteiger partial charge in [0.2, 0.25) is 5.91 Å². The van der Waals surface area contributed by atoms with E-state index in [-0.39, 0.29) is 35.1 Å². The lowest BCUT2D eigenvalue weighted by molar-refractivity contribution is -0.143. The van der Waals surface area contributed by atoms with Gasteiger partial charge in [0.1, 0.15) is 5.82 Å². The molecule has 9 heteroatoms. The predicted octanol–water partition coefficient (Wildman–Crippen LogP) is -0.0861. The third-order valence-electron chi connectivity index (χ3n) is 5.70. The molecule has 2 N–H and O–H groups in total. The Morgan fingerprint density at radius 2 is 1.77 bits per heavy atom. The number of sulfone groups is 1. The van der Waals surface area contributed by atoms with Gasteiger partial charge in [0.25, 0.3) is 5.91 Å². The molecule has 3 fully saturated rings. The van der Waals surface area contributed by atoms with Crippen LogP contribution in [-0.2, 0) is 14.6 Å². The maximum absolute atomic E-state index is 12.9. The van der Waals surface area contributed by atoms with E-state index in [0.29, 0.717) is 18.7 Å². The molecule has 140 valence electrons. The number of carbonyl (C=O) groups excluding carboxylic acids is 2. The van der Waals surface area contributed by atoms with E-state index in [0.717, 1.165) is 19.3 Å². The van der Waals surface area contributed by atoms with Gasteiger partial charge in [-0.2, -0.15) is 0 Å². The number of piperazine rings is 1. The molecule has 0 bridgehead atoms. The second kappa shape index (κ2) is 6.22. The first-order valence-corrected chi connectivity index (χ1v) is 10.7. The zero-order valence-corrected chi connectivity index (χ0v) is 15.2. The normalized spacial score (nSPS) is 27.7. The highest BCUT2D eigenvalue weighted by atomic mass is 32.2. The summed E-state index contributed by atoms with van der Waals surface area (Å²) in [6.07, 6.45) is 4.25. The average Bonchev–Trinajstić information content (AvgIpc) is 2.86. The van der Waals surface area contributed by atoms with Crippen LogP contribution in [0.3, 0.4) is 0 Å². The van der Waals surface area contributed by atoms with Crippen LogP contribution in [0.15, 0.2) is 18.3 Å². The monoisotopic (exact) mass is 378 g/mol. The number of pyridine rings is 1. The molecule has 3 heterocycles. The van der Waals surface area contributed by atoms with Gasteiger partial charge in [0, 0.05) is 30.8 Å². The first-order chi connectivity index (χ1) is 12.4. The minimum absolute atomic E-state index is 0.0150. The van der Waals surface area contributed by atoms with Crippen molar-refractivity contribution in [1.82, 2.24) is 14.8 Å². The third kappa shape index (κ3) is 2.94. The van der Waals surface area contributed by atoms with Crippen molar-refractivity contribution in [2.75, 3.05) is 30.3 Å². The van der Waals surface area contributed by atoms with E-state index in [9.17, 15) is 18.0 Å². The molecule has 4 rings (SSSR count). The number of anilines is 1. The summed E-state index contributed by atoms with van der Waals surface area (Å²) < 4.78 is 24.5. The van der Waals surface area contributed by atoms with Crippen molar-refractivity contribution in [3.63, 3.8) is 0 Å². The Labute approximate surface area is 152 Å². The van der Waals surface area contributed by atoms with Gasteiger partial charge in [-0.1, -0.05) is 6.42 Å². The summed E-state index contributed by atoms with van der Waals surface area (Å²) >= 11 is 0. The number of fused-ring (bicyclic) bond motifs is 1. The van der Waals surface area contributed by atoms with E-state index in [1.165, 1.54) is 12.3 Å². The molecule has 2 aliphatic heterocycles. The van der Waals surface area contributed by atoms with Crippen molar-refractivity contribution in [2.24, 2.45) is 5.92 Å². The predicted molar refractivity (Wildman–Crippen MR) is 95.0 cm³/mol. The van der Waals surface area contributed by atoms with Crippen LogP contribution < -0.4 is 5.73 Å². The van der Waals surface area contributed by atoms with Gasteiger partial charge in [-0.25, -0.2) is 13.4 Å². The lowest BCUT2D eigenvalue weighted by Crippen LogP contribution is -2.63. The van der Waals surface area contributed by atoms with Crippen LogP contribution in [0.25, 0.3) is 0 Å². The highest BCUT2D eigenvalue weighted by Crippen LogP contribution is 2.34. The summed E-state index contributed by atoms with van der Waals surface area (Å²) in [5, 5.41) is 0. The molecule has 3 aliphatic rings. The smallest absolute Gasteiger partial charge is 0.254 e. The van der Waals surface area contributed by atoms with Crippen molar-refractivity contribution in [2.45, 2.75) is 31.3 Å². The Morgan fingerprint density at radius 3 is 2.38 bits per heavy atom. The first-order valence-electron chi connectivity index (χ1n) is 8.89. The van der Waals surface area contributed by atoms with E-state index in [1.54, 1.807) is 15.9 Å². The Kier molecular flexibility index (Phi) is 4.13. The molecule has 2 amide bonds. The lowest BCUT2D eigenvalue weighted by atomic mass is 9.83. The lowest BCUT2D eigenvalue weighted by Gasteiger charge is -2.45. The van der Waals surface area contributed by atoms with E-state index >= 15 is 0 Å². The van der Waals surface area contributed by atoms with E-state index in [1.807, 2.05) is 0 Å². The number of nitrogens with zero attached hydrogens (tertiary/aromatic N) is 3. The van der Waals surface area contributed by atoms with Crippen LogP contribution in [0.1, 0.15) is 29.6 Å². The molecule has 8 nitrogen and oxygen atoms in total. The van der Waals surface area contributed by atoms with Crippen molar-refractivity contribution >= 4 is 27.5 Å². The van der Waals surface area contributed by atoms with Crippen LogP contribution >= 0.6 is 0 Å². The SMILES string of the molecule is Nc1cc(C(=O)N2CCN(C(=O)C3CCC3)[C@@H]3CS(=O)(=O)C[C@@H]32)ccn1. The van der Waals surface area contributed by atoms with Crippen LogP contribution in [0, 0.1) is 5.92 Å². The molecule has 0 spiro atoms. The van der Waals surface area contributed by atoms with Gasteiger partial charge in [-0.05, 0) is 25.0 Å². The molecule has 1 aromatic rings. The second-order valence-electron chi connectivity index (χ2n) is 7.34. The van der Waals surface area contributed by atoms with Gasteiger partial charge >= 0.3 is 0 Å². The molecule has 1 saturated carbocycles. The summed E-state index contributed by atoms with van der Waals surface area (Å²) in [6.45, 7) is 0.703. The van der Waals surface area contributed by atoms with Gasteiger partial charge in [-0.3, -0.25) is 9.59 Å². The maximum Gasteiger partial charge on any atom is 0.254 e. The number of amides is 2. The van der Waals surface area contributed by atoms with Crippen LogP contribution in [0.5, 0.6) is 0 Å². The quantitative estimate of drug-likeness (QED) is 0.770. The molecule has 0 unspecified atom stereocenters. The van der Waals surface area contributed by atoms with Crippen molar-refractivity contribution < 1.29 is 18.0 Å². The average molecular weight is 378 g/mol. The summed E-state index contributed by atoms with van der Waals surface area (Å²) in [7, 11) is -3.29. The fourth-order valence-electron chi connectivity index (χ4n) is 4.12. The minimum atomic E-state index is -3.29. The number of aromatic nitrogens is 1.